The van der Waals surface area contributed by atoms with Gasteiger partial charge in [-0.1, -0.05) is 43.7 Å². The van der Waals surface area contributed by atoms with Crippen LogP contribution in [-0.2, 0) is 4.79 Å². The molecule has 1 aliphatic heterocycles. The molecule has 2 unspecified atom stereocenters. The van der Waals surface area contributed by atoms with Crippen LogP contribution >= 0.6 is 0 Å². The lowest BCUT2D eigenvalue weighted by atomic mass is 10.00. The van der Waals surface area contributed by atoms with E-state index in [0.717, 1.165) is 12.8 Å². The summed E-state index contributed by atoms with van der Waals surface area (Å²) in [6.45, 7) is 2.13. The van der Waals surface area contributed by atoms with Gasteiger partial charge in [0.15, 0.2) is 0 Å². The topological polar surface area (TPSA) is 52.6 Å². The quantitative estimate of drug-likeness (QED) is 0.865. The molecular formula is C16H24N2O2. The highest BCUT2D eigenvalue weighted by atomic mass is 16.3. The van der Waals surface area contributed by atoms with Crippen LogP contribution in [-0.4, -0.2) is 35.2 Å². The summed E-state index contributed by atoms with van der Waals surface area (Å²) in [6, 6.07) is 10.00. The van der Waals surface area contributed by atoms with E-state index in [9.17, 15) is 9.90 Å². The highest BCUT2D eigenvalue weighted by molar-refractivity contribution is 5.82. The third-order valence-electron chi connectivity index (χ3n) is 3.98. The minimum atomic E-state index is -0.543. The van der Waals surface area contributed by atoms with Gasteiger partial charge in [-0.2, -0.15) is 0 Å². The highest BCUT2D eigenvalue weighted by Crippen LogP contribution is 2.26. The van der Waals surface area contributed by atoms with Crippen LogP contribution in [0, 0.1) is 0 Å². The van der Waals surface area contributed by atoms with E-state index in [4.69, 9.17) is 0 Å². The minimum absolute atomic E-state index is 0.0730. The predicted molar refractivity (Wildman–Crippen MR) is 79.0 cm³/mol. The number of likely N-dealkylation sites (N-methyl/N-ethyl adjacent to an activating group) is 1. The smallest absolute Gasteiger partial charge is 0.240 e. The number of benzene rings is 1. The molecular weight excluding hydrogens is 252 g/mol. The molecule has 1 aromatic rings. The van der Waals surface area contributed by atoms with Crippen molar-refractivity contribution in [1.82, 2.24) is 10.2 Å². The molecule has 1 saturated heterocycles. The maximum Gasteiger partial charge on any atom is 0.240 e. The van der Waals surface area contributed by atoms with E-state index in [1.807, 2.05) is 30.1 Å². The summed E-state index contributed by atoms with van der Waals surface area (Å²) >= 11 is 0. The van der Waals surface area contributed by atoms with E-state index in [2.05, 4.69) is 24.4 Å². The van der Waals surface area contributed by atoms with Crippen LogP contribution in [0.15, 0.2) is 30.3 Å². The summed E-state index contributed by atoms with van der Waals surface area (Å²) in [7, 11) is 1.86. The number of rotatable bonds is 5. The molecule has 1 amide bonds. The minimum Gasteiger partial charge on any atom is -0.379 e. The first-order chi connectivity index (χ1) is 9.63. The summed E-state index contributed by atoms with van der Waals surface area (Å²) in [5, 5.41) is 12.5. The highest BCUT2D eigenvalue weighted by Gasteiger charge is 2.32. The molecule has 2 rings (SSSR count). The fraction of sp³-hybridized carbons (Fsp3) is 0.562. The molecule has 0 spiro atoms. The van der Waals surface area contributed by atoms with Crippen molar-refractivity contribution in [3.63, 3.8) is 0 Å². The molecule has 20 heavy (non-hydrogen) atoms. The number of hydrogen-bond donors (Lipinski definition) is 2. The van der Waals surface area contributed by atoms with Gasteiger partial charge in [-0.3, -0.25) is 10.1 Å². The third kappa shape index (κ3) is 3.38. The Labute approximate surface area is 120 Å². The Morgan fingerprint density at radius 1 is 1.40 bits per heavy atom. The Bertz CT molecular complexity index is 435. The molecule has 1 aromatic carbocycles. The molecule has 4 heteroatoms. The number of carbonyl (C=O) groups is 1. The zero-order valence-corrected chi connectivity index (χ0v) is 12.2. The lowest BCUT2D eigenvalue weighted by molar-refractivity contribution is -0.134. The van der Waals surface area contributed by atoms with Crippen molar-refractivity contribution in [2.45, 2.75) is 50.9 Å². The van der Waals surface area contributed by atoms with Gasteiger partial charge in [-0.05, 0) is 24.8 Å². The summed E-state index contributed by atoms with van der Waals surface area (Å²) in [5.74, 6) is 0.0730. The fourth-order valence-corrected chi connectivity index (χ4v) is 2.85. The van der Waals surface area contributed by atoms with Gasteiger partial charge in [0.25, 0.3) is 0 Å². The van der Waals surface area contributed by atoms with Crippen molar-refractivity contribution in [3.05, 3.63) is 35.9 Å². The van der Waals surface area contributed by atoms with Crippen LogP contribution in [0.2, 0.25) is 0 Å². The second kappa shape index (κ2) is 6.86. The van der Waals surface area contributed by atoms with Crippen LogP contribution in [0.5, 0.6) is 0 Å². The Kier molecular flexibility index (Phi) is 5.15. The predicted octanol–water partition coefficient (Wildman–Crippen LogP) is 2.06. The van der Waals surface area contributed by atoms with E-state index in [1.165, 1.54) is 5.56 Å². The molecule has 4 nitrogen and oxygen atoms in total. The van der Waals surface area contributed by atoms with E-state index >= 15 is 0 Å². The summed E-state index contributed by atoms with van der Waals surface area (Å²) in [4.78, 5) is 14.4. The number of aliphatic hydroxyl groups excluding tert-OH is 1. The standard InChI is InChI=1S/C16H24N2O2/c1-3-7-14(12-8-5-4-6-9-12)18(2)16(20)13-10-11-15(19)17-13/h4-6,8-9,13-15,17,19H,3,7,10-11H2,1-2H3/t13-,14?,15?/m0/s1. The van der Waals surface area contributed by atoms with Crippen molar-refractivity contribution in [1.29, 1.82) is 0 Å². The number of hydrogen-bond acceptors (Lipinski definition) is 3. The van der Waals surface area contributed by atoms with Crippen LogP contribution in [0.1, 0.15) is 44.2 Å². The van der Waals surface area contributed by atoms with Gasteiger partial charge in [-0.25, -0.2) is 0 Å². The summed E-state index contributed by atoms with van der Waals surface area (Å²) in [5.41, 5.74) is 1.17. The van der Waals surface area contributed by atoms with Crippen LogP contribution in [0.4, 0.5) is 0 Å². The summed E-state index contributed by atoms with van der Waals surface area (Å²) < 4.78 is 0. The van der Waals surface area contributed by atoms with Gasteiger partial charge in [0.05, 0.1) is 12.1 Å². The molecule has 0 aromatic heterocycles. The number of amides is 1. The molecule has 3 atom stereocenters. The molecule has 1 heterocycles. The molecule has 0 bridgehead atoms. The molecule has 0 radical (unpaired) electrons. The monoisotopic (exact) mass is 276 g/mol. The normalized spacial score (nSPS) is 23.6. The number of aliphatic hydroxyl groups is 1. The second-order valence-corrected chi connectivity index (χ2v) is 5.48. The van der Waals surface area contributed by atoms with Gasteiger partial charge < -0.3 is 10.0 Å². The van der Waals surface area contributed by atoms with Gasteiger partial charge in [0, 0.05) is 7.05 Å². The first-order valence-electron chi connectivity index (χ1n) is 7.39. The van der Waals surface area contributed by atoms with Gasteiger partial charge in [0.2, 0.25) is 5.91 Å². The van der Waals surface area contributed by atoms with Gasteiger partial charge in [-0.15, -0.1) is 0 Å². The van der Waals surface area contributed by atoms with Crippen molar-refractivity contribution in [2.24, 2.45) is 0 Å². The lowest BCUT2D eigenvalue weighted by Crippen LogP contribution is -2.45. The third-order valence-corrected chi connectivity index (χ3v) is 3.98. The Morgan fingerprint density at radius 2 is 2.10 bits per heavy atom. The second-order valence-electron chi connectivity index (χ2n) is 5.48. The van der Waals surface area contributed by atoms with E-state index in [1.54, 1.807) is 0 Å². The molecule has 0 saturated carbocycles. The first-order valence-corrected chi connectivity index (χ1v) is 7.39. The molecule has 1 fully saturated rings. The van der Waals surface area contributed by atoms with Crippen molar-refractivity contribution in [3.8, 4) is 0 Å². The maximum absolute atomic E-state index is 12.5. The average Bonchev–Trinajstić information content (AvgIpc) is 2.91. The maximum atomic E-state index is 12.5. The van der Waals surface area contributed by atoms with Crippen molar-refractivity contribution < 1.29 is 9.90 Å². The molecule has 2 N–H and O–H groups in total. The molecule has 1 aliphatic rings. The zero-order chi connectivity index (χ0) is 14.5. The average molecular weight is 276 g/mol. The van der Waals surface area contributed by atoms with Crippen LogP contribution in [0.25, 0.3) is 0 Å². The number of nitrogens with zero attached hydrogens (tertiary/aromatic N) is 1. The lowest BCUT2D eigenvalue weighted by Gasteiger charge is -2.30. The Balaban J connectivity index is 2.10. The van der Waals surface area contributed by atoms with Crippen LogP contribution < -0.4 is 5.32 Å². The molecule has 110 valence electrons. The Hall–Kier alpha value is -1.39. The first kappa shape index (κ1) is 15.0. The molecule has 0 aliphatic carbocycles. The van der Waals surface area contributed by atoms with Crippen molar-refractivity contribution in [2.75, 3.05) is 7.05 Å². The van der Waals surface area contributed by atoms with Crippen molar-refractivity contribution >= 4 is 5.91 Å². The van der Waals surface area contributed by atoms with Crippen LogP contribution in [0.3, 0.4) is 0 Å². The number of carbonyl (C=O) groups excluding carboxylic acids is 1. The van der Waals surface area contributed by atoms with Gasteiger partial charge in [0.1, 0.15) is 6.23 Å². The van der Waals surface area contributed by atoms with E-state index in [0.29, 0.717) is 12.8 Å². The number of nitrogens with one attached hydrogen (secondary N) is 1. The fourth-order valence-electron chi connectivity index (χ4n) is 2.85. The zero-order valence-electron chi connectivity index (χ0n) is 12.2. The SMILES string of the molecule is CCCC(c1ccccc1)N(C)C(=O)[C@@H]1CCC(O)N1. The van der Waals surface area contributed by atoms with E-state index < -0.39 is 6.23 Å². The van der Waals surface area contributed by atoms with E-state index in [-0.39, 0.29) is 18.0 Å². The Morgan fingerprint density at radius 3 is 2.65 bits per heavy atom. The van der Waals surface area contributed by atoms with Gasteiger partial charge >= 0.3 is 0 Å². The summed E-state index contributed by atoms with van der Waals surface area (Å²) in [6.07, 6.45) is 2.78. The largest absolute Gasteiger partial charge is 0.379 e.